The van der Waals surface area contributed by atoms with E-state index in [9.17, 15) is 22.0 Å². The normalized spacial score (nSPS) is 11.8. The number of aromatic nitrogens is 3. The summed E-state index contributed by atoms with van der Waals surface area (Å²) in [6, 6.07) is 22.8. The lowest BCUT2D eigenvalue weighted by atomic mass is 10.1. The molecule has 0 aliphatic heterocycles. The highest BCUT2D eigenvalue weighted by atomic mass is 32.2. The largest absolute Gasteiger partial charge is 0.325 e. The topological polar surface area (TPSA) is 97.2 Å². The number of anilines is 1. The van der Waals surface area contributed by atoms with E-state index < -0.39 is 15.8 Å². The van der Waals surface area contributed by atoms with Crippen molar-refractivity contribution in [2.45, 2.75) is 47.5 Å². The summed E-state index contributed by atoms with van der Waals surface area (Å²) in [6.07, 6.45) is 0.673. The molecule has 1 heterocycles. The molecule has 42 heavy (non-hydrogen) atoms. The number of nitrogens with one attached hydrogen (secondary N) is 1. The van der Waals surface area contributed by atoms with Crippen LogP contribution in [-0.4, -0.2) is 58.0 Å². The molecular formula is C29H31F2N5O3S3. The molecule has 0 atom stereocenters. The molecule has 0 unspecified atom stereocenters. The van der Waals surface area contributed by atoms with E-state index in [-0.39, 0.29) is 16.6 Å². The summed E-state index contributed by atoms with van der Waals surface area (Å²) in [6.45, 7) is 4.82. The maximum atomic E-state index is 13.2. The highest BCUT2D eigenvalue weighted by Crippen LogP contribution is 2.29. The first-order chi connectivity index (χ1) is 20.2. The fraction of sp³-hybridized carbons (Fsp3) is 0.276. The van der Waals surface area contributed by atoms with Crippen molar-refractivity contribution in [2.75, 3.05) is 24.2 Å². The molecule has 0 spiro atoms. The number of benzene rings is 3. The number of rotatable bonds is 14. The van der Waals surface area contributed by atoms with Crippen LogP contribution < -0.4 is 5.32 Å². The Morgan fingerprint density at radius 2 is 1.69 bits per heavy atom. The first-order valence-corrected chi connectivity index (χ1v) is 16.6. The number of amides is 1. The summed E-state index contributed by atoms with van der Waals surface area (Å²) >= 11 is 1.65. The van der Waals surface area contributed by atoms with Crippen molar-refractivity contribution in [3.05, 3.63) is 84.4 Å². The second-order valence-corrected chi connectivity index (χ2v) is 13.0. The molecule has 222 valence electrons. The van der Waals surface area contributed by atoms with Gasteiger partial charge in [0.25, 0.3) is 5.76 Å². The van der Waals surface area contributed by atoms with E-state index in [0.29, 0.717) is 64.9 Å². The number of aryl methyl sites for hydroxylation is 1. The number of nitrogens with zero attached hydrogens (tertiary/aromatic N) is 4. The van der Waals surface area contributed by atoms with Gasteiger partial charge in [-0.05, 0) is 48.4 Å². The van der Waals surface area contributed by atoms with Crippen molar-refractivity contribution in [1.29, 1.82) is 0 Å². The van der Waals surface area contributed by atoms with Crippen LogP contribution in [0.3, 0.4) is 0 Å². The molecule has 0 aliphatic rings. The maximum absolute atomic E-state index is 13.2. The van der Waals surface area contributed by atoms with Gasteiger partial charge in [0.15, 0.2) is 11.0 Å². The summed E-state index contributed by atoms with van der Waals surface area (Å²) in [5.41, 5.74) is 2.20. The summed E-state index contributed by atoms with van der Waals surface area (Å²) in [5, 5.41) is 12.0. The van der Waals surface area contributed by atoms with Gasteiger partial charge in [0.05, 0.1) is 10.6 Å². The zero-order valence-corrected chi connectivity index (χ0v) is 25.6. The van der Waals surface area contributed by atoms with Crippen molar-refractivity contribution in [3.63, 3.8) is 0 Å². The van der Waals surface area contributed by atoms with E-state index in [1.165, 1.54) is 28.2 Å². The van der Waals surface area contributed by atoms with Crippen molar-refractivity contribution < 1.29 is 22.0 Å². The predicted octanol–water partition coefficient (Wildman–Crippen LogP) is 6.26. The van der Waals surface area contributed by atoms with Crippen molar-refractivity contribution in [2.24, 2.45) is 0 Å². The minimum absolute atomic E-state index is 0.0351. The fourth-order valence-corrected chi connectivity index (χ4v) is 7.02. The van der Waals surface area contributed by atoms with Crippen molar-refractivity contribution in [3.8, 4) is 11.4 Å². The van der Waals surface area contributed by atoms with Gasteiger partial charge in [0.1, 0.15) is 0 Å². The van der Waals surface area contributed by atoms with E-state index in [2.05, 4.69) is 15.5 Å². The van der Waals surface area contributed by atoms with Gasteiger partial charge in [-0.1, -0.05) is 79.8 Å². The standard InChI is InChI=1S/C29H31F2N5O3S3/c1-3-35(4-2)42(38,39)25-12-8-11-22(19-25)27-33-34-29(36(27)18-17-21-9-6-5-7-10-21)40-20-26(37)32-23-13-15-24(16-14-23)41-28(30)31/h5-16,19,28H,3-4,17-18,20H2,1-2H3,(H,32,37). The van der Waals surface area contributed by atoms with Gasteiger partial charge in [-0.2, -0.15) is 13.1 Å². The van der Waals surface area contributed by atoms with E-state index in [1.807, 2.05) is 34.9 Å². The van der Waals surface area contributed by atoms with E-state index in [4.69, 9.17) is 0 Å². The van der Waals surface area contributed by atoms with Crippen LogP contribution in [0.4, 0.5) is 14.5 Å². The molecule has 0 aliphatic carbocycles. The SMILES string of the molecule is CCN(CC)S(=O)(=O)c1cccc(-c2nnc(SCC(=O)Nc3ccc(SC(F)F)cc3)n2CCc2ccccc2)c1. The van der Waals surface area contributed by atoms with Crippen molar-refractivity contribution >= 4 is 45.1 Å². The lowest BCUT2D eigenvalue weighted by Gasteiger charge is -2.19. The molecule has 1 aromatic heterocycles. The lowest BCUT2D eigenvalue weighted by molar-refractivity contribution is -0.113. The Hall–Kier alpha value is -3.26. The number of carbonyl (C=O) groups is 1. The van der Waals surface area contributed by atoms with Crippen LogP contribution in [0.5, 0.6) is 0 Å². The number of alkyl halides is 2. The Morgan fingerprint density at radius 1 is 0.976 bits per heavy atom. The van der Waals surface area contributed by atoms with Gasteiger partial charge in [0.2, 0.25) is 15.9 Å². The second kappa shape index (κ2) is 14.8. The second-order valence-electron chi connectivity index (χ2n) is 9.05. The average molecular weight is 632 g/mol. The highest BCUT2D eigenvalue weighted by Gasteiger charge is 2.23. The molecule has 4 aromatic rings. The Labute approximate surface area is 253 Å². The van der Waals surface area contributed by atoms with Crippen LogP contribution in [0.1, 0.15) is 19.4 Å². The maximum Gasteiger partial charge on any atom is 0.288 e. The summed E-state index contributed by atoms with van der Waals surface area (Å²) in [5.74, 6) is -2.27. The predicted molar refractivity (Wildman–Crippen MR) is 163 cm³/mol. The number of halogens is 2. The molecule has 4 rings (SSSR count). The number of carbonyl (C=O) groups excluding carboxylic acids is 1. The molecule has 8 nitrogen and oxygen atoms in total. The molecule has 1 N–H and O–H groups in total. The molecule has 0 fully saturated rings. The first-order valence-electron chi connectivity index (χ1n) is 13.3. The van der Waals surface area contributed by atoms with E-state index in [0.717, 1.165) is 5.56 Å². The minimum Gasteiger partial charge on any atom is -0.325 e. The van der Waals surface area contributed by atoms with Crippen LogP contribution >= 0.6 is 23.5 Å². The first kappa shape index (κ1) is 31.7. The number of thioether (sulfide) groups is 2. The Morgan fingerprint density at radius 3 is 2.36 bits per heavy atom. The van der Waals surface area contributed by atoms with Crippen molar-refractivity contribution in [1.82, 2.24) is 19.1 Å². The average Bonchev–Trinajstić information content (AvgIpc) is 3.39. The third-order valence-electron chi connectivity index (χ3n) is 6.31. The smallest absolute Gasteiger partial charge is 0.288 e. The molecule has 1 amide bonds. The number of sulfonamides is 1. The summed E-state index contributed by atoms with van der Waals surface area (Å²) < 4.78 is 54.8. The van der Waals surface area contributed by atoms with E-state index >= 15 is 0 Å². The van der Waals surface area contributed by atoms with Gasteiger partial charge in [-0.15, -0.1) is 10.2 Å². The van der Waals surface area contributed by atoms with Gasteiger partial charge < -0.3 is 9.88 Å². The summed E-state index contributed by atoms with van der Waals surface area (Å²) in [7, 11) is -3.67. The Balaban J connectivity index is 1.55. The lowest BCUT2D eigenvalue weighted by Crippen LogP contribution is -2.30. The number of hydrogen-bond donors (Lipinski definition) is 1. The highest BCUT2D eigenvalue weighted by molar-refractivity contribution is 8.00. The third kappa shape index (κ3) is 8.18. The quantitative estimate of drug-likeness (QED) is 0.164. The third-order valence-corrected chi connectivity index (χ3v) is 10.0. The molecule has 3 aromatic carbocycles. The molecule has 0 bridgehead atoms. The van der Waals surface area contributed by atoms with Gasteiger partial charge >= 0.3 is 0 Å². The molecular weight excluding hydrogens is 601 g/mol. The molecule has 13 heteroatoms. The monoisotopic (exact) mass is 631 g/mol. The zero-order valence-electron chi connectivity index (χ0n) is 23.1. The van der Waals surface area contributed by atoms with E-state index in [1.54, 1.807) is 50.2 Å². The van der Waals surface area contributed by atoms with Gasteiger partial charge in [-0.25, -0.2) is 8.42 Å². The fourth-order valence-electron chi connectivity index (χ4n) is 4.25. The Kier molecular flexibility index (Phi) is 11.1. The van der Waals surface area contributed by atoms with Crippen LogP contribution in [0, 0.1) is 0 Å². The van der Waals surface area contributed by atoms with Gasteiger partial charge in [-0.3, -0.25) is 4.79 Å². The van der Waals surface area contributed by atoms with Crippen LogP contribution in [0.25, 0.3) is 11.4 Å². The van der Waals surface area contributed by atoms with Crippen LogP contribution in [0.2, 0.25) is 0 Å². The van der Waals surface area contributed by atoms with Crippen LogP contribution in [-0.2, 0) is 27.8 Å². The zero-order chi connectivity index (χ0) is 30.1. The van der Waals surface area contributed by atoms with Gasteiger partial charge in [0, 0.05) is 35.8 Å². The Bertz CT molecular complexity index is 1580. The molecule has 0 saturated heterocycles. The molecule has 0 radical (unpaired) electrons. The van der Waals surface area contributed by atoms with Crippen LogP contribution in [0.15, 0.2) is 93.8 Å². The summed E-state index contributed by atoms with van der Waals surface area (Å²) in [4.78, 5) is 13.3. The number of hydrogen-bond acceptors (Lipinski definition) is 7. The minimum atomic E-state index is -3.67. The molecule has 0 saturated carbocycles.